The number of benzene rings is 1. The van der Waals surface area contributed by atoms with Crippen LogP contribution in [0.1, 0.15) is 34.5 Å². The van der Waals surface area contributed by atoms with Gasteiger partial charge >= 0.3 is 0 Å². The normalized spacial score (nSPS) is 14.0. The van der Waals surface area contributed by atoms with Crippen LogP contribution in [-0.4, -0.2) is 21.8 Å². The second-order valence-corrected chi connectivity index (χ2v) is 5.86. The highest BCUT2D eigenvalue weighted by molar-refractivity contribution is 6.29. The molecule has 0 N–H and O–H groups in total. The molecular formula is C17H17ClN2O. The van der Waals surface area contributed by atoms with E-state index in [1.807, 2.05) is 42.2 Å². The Hall–Kier alpha value is -1.87. The molecule has 3 rings (SSSR count). The lowest BCUT2D eigenvalue weighted by Gasteiger charge is -2.23. The molecular weight excluding hydrogens is 284 g/mol. The molecule has 0 saturated heterocycles. The molecule has 0 atom stereocenters. The molecule has 1 aliphatic carbocycles. The summed E-state index contributed by atoms with van der Waals surface area (Å²) in [6, 6.07) is 13.9. The van der Waals surface area contributed by atoms with Gasteiger partial charge in [-0.2, -0.15) is 0 Å². The third-order valence-corrected chi connectivity index (χ3v) is 3.81. The largest absolute Gasteiger partial charge is 0.331 e. The van der Waals surface area contributed by atoms with Gasteiger partial charge in [0.25, 0.3) is 5.91 Å². The third-order valence-electron chi connectivity index (χ3n) is 3.61. The van der Waals surface area contributed by atoms with Gasteiger partial charge in [-0.05, 0) is 37.5 Å². The maximum atomic E-state index is 12.8. The number of nitrogens with zero attached hydrogens (tertiary/aromatic N) is 2. The quantitative estimate of drug-likeness (QED) is 0.804. The Bertz CT molecular complexity index is 633. The van der Waals surface area contributed by atoms with Crippen molar-refractivity contribution >= 4 is 17.5 Å². The van der Waals surface area contributed by atoms with Gasteiger partial charge in [0.2, 0.25) is 0 Å². The molecule has 3 nitrogen and oxygen atoms in total. The summed E-state index contributed by atoms with van der Waals surface area (Å²) in [6.07, 6.45) is 2.16. The van der Waals surface area contributed by atoms with Gasteiger partial charge in [0.1, 0.15) is 5.15 Å². The molecule has 0 bridgehead atoms. The Morgan fingerprint density at radius 1 is 1.29 bits per heavy atom. The molecule has 108 valence electrons. The Balaban J connectivity index is 1.85. The zero-order valence-electron chi connectivity index (χ0n) is 11.9. The van der Waals surface area contributed by atoms with Crippen LogP contribution in [0.5, 0.6) is 0 Å². The van der Waals surface area contributed by atoms with Crippen molar-refractivity contribution < 1.29 is 4.79 Å². The number of hydrogen-bond acceptors (Lipinski definition) is 2. The minimum Gasteiger partial charge on any atom is -0.331 e. The molecule has 1 aliphatic rings. The van der Waals surface area contributed by atoms with Crippen LogP contribution < -0.4 is 0 Å². The van der Waals surface area contributed by atoms with Gasteiger partial charge in [0.05, 0.1) is 0 Å². The SMILES string of the molecule is Cc1cc(C(=O)N(Cc2ccccc2)C2CC2)cc(Cl)n1. The average Bonchev–Trinajstić information content (AvgIpc) is 3.29. The van der Waals surface area contributed by atoms with E-state index in [0.717, 1.165) is 24.1 Å². The van der Waals surface area contributed by atoms with Crippen LogP contribution in [0.4, 0.5) is 0 Å². The van der Waals surface area contributed by atoms with E-state index in [1.54, 1.807) is 12.1 Å². The van der Waals surface area contributed by atoms with Gasteiger partial charge in [-0.25, -0.2) is 4.98 Å². The van der Waals surface area contributed by atoms with Crippen LogP contribution in [0.25, 0.3) is 0 Å². The van der Waals surface area contributed by atoms with Gasteiger partial charge in [0, 0.05) is 23.8 Å². The summed E-state index contributed by atoms with van der Waals surface area (Å²) in [5.41, 5.74) is 2.53. The second-order valence-electron chi connectivity index (χ2n) is 5.47. The summed E-state index contributed by atoms with van der Waals surface area (Å²) in [5, 5.41) is 0.369. The third kappa shape index (κ3) is 3.42. The molecule has 4 heteroatoms. The lowest BCUT2D eigenvalue weighted by atomic mass is 10.1. The van der Waals surface area contributed by atoms with Crippen molar-refractivity contribution in [1.82, 2.24) is 9.88 Å². The smallest absolute Gasteiger partial charge is 0.254 e. The Morgan fingerprint density at radius 3 is 2.62 bits per heavy atom. The first kappa shape index (κ1) is 14.1. The Morgan fingerprint density at radius 2 is 2.00 bits per heavy atom. The van der Waals surface area contributed by atoms with Gasteiger partial charge in [-0.3, -0.25) is 4.79 Å². The molecule has 1 aromatic carbocycles. The van der Waals surface area contributed by atoms with Gasteiger partial charge < -0.3 is 4.90 Å². The molecule has 1 saturated carbocycles. The van der Waals surface area contributed by atoms with Crippen molar-refractivity contribution in [3.8, 4) is 0 Å². The van der Waals surface area contributed by atoms with Crippen LogP contribution in [0, 0.1) is 6.92 Å². The molecule has 1 aromatic heterocycles. The van der Waals surface area contributed by atoms with Gasteiger partial charge in [-0.1, -0.05) is 41.9 Å². The monoisotopic (exact) mass is 300 g/mol. The number of carbonyl (C=O) groups is 1. The number of amides is 1. The van der Waals surface area contributed by atoms with Crippen LogP contribution >= 0.6 is 11.6 Å². The van der Waals surface area contributed by atoms with Crippen LogP contribution in [-0.2, 0) is 6.54 Å². The van der Waals surface area contributed by atoms with E-state index in [4.69, 9.17) is 11.6 Å². The maximum Gasteiger partial charge on any atom is 0.254 e. The Kier molecular flexibility index (Phi) is 3.93. The van der Waals surface area contributed by atoms with Crippen LogP contribution in [0.15, 0.2) is 42.5 Å². The molecule has 1 amide bonds. The summed E-state index contributed by atoms with van der Waals surface area (Å²) >= 11 is 5.97. The molecule has 0 unspecified atom stereocenters. The van der Waals surface area contributed by atoms with Crippen molar-refractivity contribution in [2.75, 3.05) is 0 Å². The van der Waals surface area contributed by atoms with Crippen LogP contribution in [0.3, 0.4) is 0 Å². The number of pyridine rings is 1. The maximum absolute atomic E-state index is 12.8. The van der Waals surface area contributed by atoms with Crippen molar-refractivity contribution in [1.29, 1.82) is 0 Å². The standard InChI is InChI=1S/C17H17ClN2O/c1-12-9-14(10-16(18)19-12)17(21)20(15-7-8-15)11-13-5-3-2-4-6-13/h2-6,9-10,15H,7-8,11H2,1H3. The fourth-order valence-corrected chi connectivity index (χ4v) is 2.70. The number of carbonyl (C=O) groups excluding carboxylic acids is 1. The fraction of sp³-hybridized carbons (Fsp3) is 0.294. The van der Waals surface area contributed by atoms with Crippen LogP contribution in [0.2, 0.25) is 5.15 Å². The average molecular weight is 301 g/mol. The fourth-order valence-electron chi connectivity index (χ4n) is 2.45. The first-order valence-corrected chi connectivity index (χ1v) is 7.50. The Labute approximate surface area is 129 Å². The zero-order valence-corrected chi connectivity index (χ0v) is 12.7. The van der Waals surface area contributed by atoms with E-state index in [-0.39, 0.29) is 5.91 Å². The predicted octanol–water partition coefficient (Wildman–Crippen LogP) is 3.85. The van der Waals surface area contributed by atoms with E-state index in [1.165, 1.54) is 0 Å². The molecule has 2 aromatic rings. The highest BCUT2D eigenvalue weighted by atomic mass is 35.5. The number of aromatic nitrogens is 1. The molecule has 1 fully saturated rings. The molecule has 1 heterocycles. The minimum atomic E-state index is 0.0359. The van der Waals surface area contributed by atoms with Gasteiger partial charge in [-0.15, -0.1) is 0 Å². The number of halogens is 1. The zero-order chi connectivity index (χ0) is 14.8. The molecule has 21 heavy (non-hydrogen) atoms. The lowest BCUT2D eigenvalue weighted by molar-refractivity contribution is 0.0729. The molecule has 0 aliphatic heterocycles. The van der Waals surface area contributed by atoms with E-state index in [0.29, 0.717) is 23.3 Å². The van der Waals surface area contributed by atoms with Crippen molar-refractivity contribution in [3.63, 3.8) is 0 Å². The van der Waals surface area contributed by atoms with Gasteiger partial charge in [0.15, 0.2) is 0 Å². The van der Waals surface area contributed by atoms with E-state index in [2.05, 4.69) is 4.98 Å². The summed E-state index contributed by atoms with van der Waals surface area (Å²) < 4.78 is 0. The molecule has 0 spiro atoms. The van der Waals surface area contributed by atoms with E-state index >= 15 is 0 Å². The first-order chi connectivity index (χ1) is 10.1. The second kappa shape index (κ2) is 5.86. The minimum absolute atomic E-state index is 0.0359. The summed E-state index contributed by atoms with van der Waals surface area (Å²) in [7, 11) is 0. The van der Waals surface area contributed by atoms with Crippen molar-refractivity contribution in [2.45, 2.75) is 32.4 Å². The first-order valence-electron chi connectivity index (χ1n) is 7.12. The van der Waals surface area contributed by atoms with E-state index < -0.39 is 0 Å². The lowest BCUT2D eigenvalue weighted by Crippen LogP contribution is -2.32. The number of rotatable bonds is 4. The highest BCUT2D eigenvalue weighted by Gasteiger charge is 2.33. The number of aryl methyl sites for hydroxylation is 1. The molecule has 0 radical (unpaired) electrons. The summed E-state index contributed by atoms with van der Waals surface area (Å²) in [6.45, 7) is 2.49. The highest BCUT2D eigenvalue weighted by Crippen LogP contribution is 2.30. The topological polar surface area (TPSA) is 33.2 Å². The summed E-state index contributed by atoms with van der Waals surface area (Å²) in [4.78, 5) is 18.8. The van der Waals surface area contributed by atoms with Crippen molar-refractivity contribution in [2.24, 2.45) is 0 Å². The number of hydrogen-bond donors (Lipinski definition) is 0. The summed E-state index contributed by atoms with van der Waals surface area (Å²) in [5.74, 6) is 0.0359. The predicted molar refractivity (Wildman–Crippen MR) is 83.3 cm³/mol. The van der Waals surface area contributed by atoms with E-state index in [9.17, 15) is 4.79 Å². The van der Waals surface area contributed by atoms with Crippen molar-refractivity contribution in [3.05, 3.63) is 64.4 Å².